The second-order valence-electron chi connectivity index (χ2n) is 13.9. The van der Waals surface area contributed by atoms with E-state index in [1.807, 2.05) is 0 Å². The van der Waals surface area contributed by atoms with Gasteiger partial charge in [0.05, 0.1) is 11.5 Å². The topological polar surface area (TPSA) is 68.9 Å². The number of aliphatic hydroxyl groups is 1. The smallest absolute Gasteiger partial charge is 0.254 e. The van der Waals surface area contributed by atoms with Crippen LogP contribution < -0.4 is 0 Å². The molecule has 7 heteroatoms. The Morgan fingerprint density at radius 3 is 2.24 bits per heavy atom. The van der Waals surface area contributed by atoms with E-state index in [-0.39, 0.29) is 30.5 Å². The van der Waals surface area contributed by atoms with Gasteiger partial charge in [-0.3, -0.25) is 4.57 Å². The highest BCUT2D eigenvalue weighted by atomic mass is 19.3. The number of benzene rings is 2. The third kappa shape index (κ3) is 3.98. The van der Waals surface area contributed by atoms with E-state index in [4.69, 9.17) is 0 Å². The number of hydrogen-bond donors (Lipinski definition) is 3. The zero-order valence-electron chi connectivity index (χ0n) is 23.5. The van der Waals surface area contributed by atoms with E-state index >= 15 is 0 Å². The highest BCUT2D eigenvalue weighted by molar-refractivity contribution is 5.86. The summed E-state index contributed by atoms with van der Waals surface area (Å²) in [5.74, 6) is -3.02. The standard InChI is InChI=1S/C34H40F2N2O3/c35-34(36)17-28(34)33(41)16-24-15-27(33)30-29(24)31(39)38(32(30)40)19-23-8-3-7-22(23)18-37-13-11-21(12-14-37)26-10-4-6-20-5-1-2-9-25(20)26/h1-2,4-6,9-10,21-24,27-28,39-41H,3,7-8,11-19H2. The SMILES string of the molecule is Oc1c2c(c(O)n1CC1CCCC1CN1CCC(c3cccc4ccccc34)CC1)C1CC2CC1(O)C1CC1(F)F. The van der Waals surface area contributed by atoms with Crippen LogP contribution in [-0.4, -0.2) is 55.9 Å². The number of piperidine rings is 1. The number of aromatic hydroxyl groups is 2. The molecule has 2 bridgehead atoms. The molecule has 5 aliphatic rings. The Bertz CT molecular complexity index is 1490. The predicted octanol–water partition coefficient (Wildman–Crippen LogP) is 6.71. The molecular weight excluding hydrogens is 522 g/mol. The Labute approximate surface area is 239 Å². The quantitative estimate of drug-likeness (QED) is 0.312. The summed E-state index contributed by atoms with van der Waals surface area (Å²) in [4.78, 5) is 2.61. The van der Waals surface area contributed by atoms with Crippen LogP contribution in [-0.2, 0) is 6.54 Å². The summed E-state index contributed by atoms with van der Waals surface area (Å²) in [5.41, 5.74) is 1.23. The molecule has 5 nitrogen and oxygen atoms in total. The van der Waals surface area contributed by atoms with E-state index in [0.29, 0.717) is 41.8 Å². The van der Waals surface area contributed by atoms with Gasteiger partial charge in [0.15, 0.2) is 11.8 Å². The van der Waals surface area contributed by atoms with Crippen molar-refractivity contribution in [1.82, 2.24) is 9.47 Å². The minimum absolute atomic E-state index is 0.00589. The molecule has 0 spiro atoms. The third-order valence-corrected chi connectivity index (χ3v) is 11.7. The van der Waals surface area contributed by atoms with Gasteiger partial charge in [-0.25, -0.2) is 8.78 Å². The molecule has 41 heavy (non-hydrogen) atoms. The molecule has 218 valence electrons. The van der Waals surface area contributed by atoms with Crippen molar-refractivity contribution in [1.29, 1.82) is 0 Å². The predicted molar refractivity (Wildman–Crippen MR) is 154 cm³/mol. The summed E-state index contributed by atoms with van der Waals surface area (Å²) in [5, 5.41) is 36.5. The molecule has 6 atom stereocenters. The van der Waals surface area contributed by atoms with Gasteiger partial charge in [-0.1, -0.05) is 48.9 Å². The Hall–Kier alpha value is -2.64. The van der Waals surface area contributed by atoms with Crippen molar-refractivity contribution in [3.8, 4) is 11.8 Å². The average Bonchev–Trinajstić information content (AvgIpc) is 3.36. The van der Waals surface area contributed by atoms with Gasteiger partial charge in [0.2, 0.25) is 0 Å². The van der Waals surface area contributed by atoms with Gasteiger partial charge in [-0.15, -0.1) is 0 Å². The van der Waals surface area contributed by atoms with E-state index < -0.39 is 23.4 Å². The van der Waals surface area contributed by atoms with Gasteiger partial charge >= 0.3 is 0 Å². The maximum atomic E-state index is 14.0. The largest absolute Gasteiger partial charge is 0.494 e. The molecule has 4 aliphatic carbocycles. The molecule has 3 N–H and O–H groups in total. The third-order valence-electron chi connectivity index (χ3n) is 11.7. The lowest BCUT2D eigenvalue weighted by molar-refractivity contribution is -0.0399. The van der Waals surface area contributed by atoms with Crippen LogP contribution in [0.3, 0.4) is 0 Å². The normalized spacial score (nSPS) is 34.5. The van der Waals surface area contributed by atoms with Crippen molar-refractivity contribution in [3.63, 3.8) is 0 Å². The molecule has 3 aromatic rings. The number of hydrogen-bond acceptors (Lipinski definition) is 4. The van der Waals surface area contributed by atoms with Gasteiger partial charge in [0.1, 0.15) is 0 Å². The molecular formula is C34H40F2N2O3. The number of alkyl halides is 2. The summed E-state index contributed by atoms with van der Waals surface area (Å²) in [6, 6.07) is 15.4. The van der Waals surface area contributed by atoms with E-state index in [2.05, 4.69) is 47.4 Å². The molecule has 1 aromatic heterocycles. The Morgan fingerprint density at radius 1 is 0.805 bits per heavy atom. The molecule has 2 aromatic carbocycles. The van der Waals surface area contributed by atoms with Crippen LogP contribution in [0.2, 0.25) is 0 Å². The zero-order valence-corrected chi connectivity index (χ0v) is 23.5. The molecule has 6 unspecified atom stereocenters. The van der Waals surface area contributed by atoms with Gasteiger partial charge in [-0.05, 0) is 91.6 Å². The number of nitrogens with zero attached hydrogens (tertiary/aromatic N) is 2. The number of aromatic nitrogens is 1. The van der Waals surface area contributed by atoms with Crippen LogP contribution in [0.1, 0.15) is 85.8 Å². The molecule has 0 amide bonds. The molecule has 4 fully saturated rings. The van der Waals surface area contributed by atoms with Crippen molar-refractivity contribution in [3.05, 3.63) is 59.2 Å². The molecule has 1 saturated heterocycles. The maximum absolute atomic E-state index is 14.0. The fourth-order valence-corrected chi connectivity index (χ4v) is 9.58. The molecule has 2 heterocycles. The Kier molecular flexibility index (Phi) is 5.83. The average molecular weight is 563 g/mol. The lowest BCUT2D eigenvalue weighted by Crippen LogP contribution is -2.38. The number of fused-ring (bicyclic) bond motifs is 6. The second-order valence-corrected chi connectivity index (χ2v) is 13.9. The van der Waals surface area contributed by atoms with Crippen molar-refractivity contribution in [2.24, 2.45) is 17.8 Å². The maximum Gasteiger partial charge on any atom is 0.254 e. The number of likely N-dealkylation sites (tertiary alicyclic amines) is 1. The van der Waals surface area contributed by atoms with Crippen molar-refractivity contribution >= 4 is 10.8 Å². The van der Waals surface area contributed by atoms with E-state index in [1.54, 1.807) is 4.57 Å². The highest BCUT2D eigenvalue weighted by Gasteiger charge is 2.72. The van der Waals surface area contributed by atoms with Crippen LogP contribution in [0, 0.1) is 17.8 Å². The summed E-state index contributed by atoms with van der Waals surface area (Å²) in [6.45, 7) is 3.74. The van der Waals surface area contributed by atoms with Gasteiger partial charge in [0, 0.05) is 36.6 Å². The summed E-state index contributed by atoms with van der Waals surface area (Å²) in [7, 11) is 0. The van der Waals surface area contributed by atoms with Crippen molar-refractivity contribution in [2.75, 3.05) is 19.6 Å². The van der Waals surface area contributed by atoms with Crippen molar-refractivity contribution < 1.29 is 24.1 Å². The van der Waals surface area contributed by atoms with Crippen LogP contribution in [0.15, 0.2) is 42.5 Å². The Balaban J connectivity index is 0.946. The zero-order chi connectivity index (χ0) is 28.1. The summed E-state index contributed by atoms with van der Waals surface area (Å²) in [6.07, 6.45) is 6.18. The molecule has 3 saturated carbocycles. The second kappa shape index (κ2) is 9.18. The monoisotopic (exact) mass is 562 g/mol. The van der Waals surface area contributed by atoms with Crippen LogP contribution in [0.4, 0.5) is 8.78 Å². The summed E-state index contributed by atoms with van der Waals surface area (Å²) < 4.78 is 29.6. The first-order valence-corrected chi connectivity index (χ1v) is 15.7. The van der Waals surface area contributed by atoms with Crippen molar-refractivity contribution in [2.45, 2.75) is 87.2 Å². The van der Waals surface area contributed by atoms with Gasteiger partial charge < -0.3 is 20.2 Å². The minimum Gasteiger partial charge on any atom is -0.494 e. The van der Waals surface area contributed by atoms with Gasteiger partial charge in [0.25, 0.3) is 5.92 Å². The highest BCUT2D eigenvalue weighted by Crippen LogP contribution is 2.71. The lowest BCUT2D eigenvalue weighted by Gasteiger charge is -2.35. The number of halogens is 2. The molecule has 8 rings (SSSR count). The molecule has 1 aliphatic heterocycles. The summed E-state index contributed by atoms with van der Waals surface area (Å²) >= 11 is 0. The van der Waals surface area contributed by atoms with E-state index in [1.165, 1.54) is 16.3 Å². The first-order chi connectivity index (χ1) is 19.7. The number of rotatable bonds is 6. The van der Waals surface area contributed by atoms with Gasteiger partial charge in [-0.2, -0.15) is 0 Å². The fraction of sp³-hybridized carbons (Fsp3) is 0.588. The fourth-order valence-electron chi connectivity index (χ4n) is 9.58. The van der Waals surface area contributed by atoms with Crippen LogP contribution in [0.5, 0.6) is 11.8 Å². The van der Waals surface area contributed by atoms with E-state index in [0.717, 1.165) is 51.7 Å². The minimum atomic E-state index is -2.82. The van der Waals surface area contributed by atoms with E-state index in [9.17, 15) is 24.1 Å². The Morgan fingerprint density at radius 2 is 1.49 bits per heavy atom. The first kappa shape index (κ1) is 26.0. The van der Waals surface area contributed by atoms with Crippen LogP contribution in [0.25, 0.3) is 10.8 Å². The van der Waals surface area contributed by atoms with Crippen LogP contribution >= 0.6 is 0 Å². The molecule has 0 radical (unpaired) electrons. The first-order valence-electron chi connectivity index (χ1n) is 15.7. The lowest BCUT2D eigenvalue weighted by atomic mass is 9.78.